The van der Waals surface area contributed by atoms with E-state index in [2.05, 4.69) is 5.32 Å². The lowest BCUT2D eigenvalue weighted by molar-refractivity contribution is 0.410. The summed E-state index contributed by atoms with van der Waals surface area (Å²) >= 11 is 0. The molecule has 0 saturated carbocycles. The largest absolute Gasteiger partial charge is 0.315 e. The minimum atomic E-state index is -4.07. The van der Waals surface area contributed by atoms with Crippen LogP contribution in [0.2, 0.25) is 0 Å². The van der Waals surface area contributed by atoms with Crippen LogP contribution in [0.15, 0.2) is 17.0 Å². The van der Waals surface area contributed by atoms with Crippen molar-refractivity contribution < 1.29 is 17.2 Å². The fraction of sp³-hybridized carbons (Fsp3) is 0.333. The molecule has 1 heterocycles. The van der Waals surface area contributed by atoms with Crippen LogP contribution in [-0.4, -0.2) is 21.5 Å². The predicted octanol–water partition coefficient (Wildman–Crippen LogP) is 0.299. The molecule has 0 atom stereocenters. The maximum absolute atomic E-state index is 13.5. The maximum atomic E-state index is 13.5. The van der Waals surface area contributed by atoms with Gasteiger partial charge in [0.05, 0.1) is 4.90 Å². The van der Waals surface area contributed by atoms with Gasteiger partial charge in [-0.3, -0.25) is 0 Å². The van der Waals surface area contributed by atoms with E-state index in [0.29, 0.717) is 13.1 Å². The van der Waals surface area contributed by atoms with Gasteiger partial charge in [-0.05, 0) is 12.1 Å². The Balaban J connectivity index is 2.51. The van der Waals surface area contributed by atoms with Gasteiger partial charge in [0.1, 0.15) is 11.6 Å². The van der Waals surface area contributed by atoms with Gasteiger partial charge in [-0.25, -0.2) is 22.3 Å². The van der Waals surface area contributed by atoms with E-state index in [-0.39, 0.29) is 11.5 Å². The van der Waals surface area contributed by atoms with Crippen molar-refractivity contribution in [2.45, 2.75) is 10.8 Å². The zero-order chi connectivity index (χ0) is 11.9. The van der Waals surface area contributed by atoms with E-state index in [0.717, 1.165) is 12.1 Å². The number of rotatable bonds is 2. The highest BCUT2D eigenvalue weighted by Gasteiger charge is 2.27. The fourth-order valence-electron chi connectivity index (χ4n) is 1.61. The smallest absolute Gasteiger partial charge is 0.238 e. The second-order valence-electron chi connectivity index (χ2n) is 3.70. The van der Waals surface area contributed by atoms with Crippen LogP contribution in [-0.2, 0) is 10.0 Å². The predicted molar refractivity (Wildman–Crippen MR) is 53.3 cm³/mol. The average Bonchev–Trinajstić information content (AvgIpc) is 2.05. The van der Waals surface area contributed by atoms with Crippen molar-refractivity contribution >= 4 is 10.0 Å². The first-order valence-corrected chi connectivity index (χ1v) is 6.16. The van der Waals surface area contributed by atoms with Crippen molar-refractivity contribution in [1.29, 1.82) is 0 Å². The quantitative estimate of drug-likeness (QED) is 0.790. The minimum absolute atomic E-state index is 0.0776. The number of nitrogens with one attached hydrogen (secondary N) is 1. The number of primary sulfonamides is 1. The number of nitrogens with two attached hydrogens (primary N) is 1. The molecule has 1 fully saturated rings. The van der Waals surface area contributed by atoms with Gasteiger partial charge < -0.3 is 5.32 Å². The molecule has 0 bridgehead atoms. The molecule has 1 aliphatic heterocycles. The van der Waals surface area contributed by atoms with Gasteiger partial charge in [-0.15, -0.1) is 0 Å². The summed E-state index contributed by atoms with van der Waals surface area (Å²) in [5, 5.41) is 7.68. The third-order valence-electron chi connectivity index (χ3n) is 2.57. The Bertz CT molecular complexity index is 503. The third kappa shape index (κ3) is 1.93. The minimum Gasteiger partial charge on any atom is -0.315 e. The molecular weight excluding hydrogens is 238 g/mol. The standard InChI is InChI=1S/C9H10F2N2O2S/c10-7-1-6(16(12,14)15)2-8(11)9(7)5-3-13-4-5/h1-2,5,13H,3-4H2,(H2,12,14,15). The number of benzene rings is 1. The normalized spacial score (nSPS) is 17.2. The lowest BCUT2D eigenvalue weighted by Gasteiger charge is -2.28. The molecule has 1 aliphatic rings. The fourth-order valence-corrected chi connectivity index (χ4v) is 2.14. The van der Waals surface area contributed by atoms with Crippen molar-refractivity contribution in [2.24, 2.45) is 5.14 Å². The van der Waals surface area contributed by atoms with E-state index in [9.17, 15) is 17.2 Å². The molecular formula is C9H10F2N2O2S. The molecule has 16 heavy (non-hydrogen) atoms. The first kappa shape index (κ1) is 11.4. The summed E-state index contributed by atoms with van der Waals surface area (Å²) in [4.78, 5) is -0.543. The highest BCUT2D eigenvalue weighted by molar-refractivity contribution is 7.89. The maximum Gasteiger partial charge on any atom is 0.238 e. The van der Waals surface area contributed by atoms with Crippen LogP contribution in [0.25, 0.3) is 0 Å². The van der Waals surface area contributed by atoms with Gasteiger partial charge in [0.25, 0.3) is 0 Å². The molecule has 0 spiro atoms. The molecule has 1 saturated heterocycles. The van der Waals surface area contributed by atoms with Crippen molar-refractivity contribution in [3.8, 4) is 0 Å². The van der Waals surface area contributed by atoms with Crippen LogP contribution in [0.3, 0.4) is 0 Å². The lowest BCUT2D eigenvalue weighted by atomic mass is 9.93. The molecule has 2 rings (SSSR count). The summed E-state index contributed by atoms with van der Waals surface area (Å²) in [5.41, 5.74) is -0.0776. The van der Waals surface area contributed by atoms with Gasteiger partial charge >= 0.3 is 0 Å². The van der Waals surface area contributed by atoms with Crippen LogP contribution < -0.4 is 10.5 Å². The molecule has 0 amide bonds. The molecule has 7 heteroatoms. The zero-order valence-electron chi connectivity index (χ0n) is 8.20. The van der Waals surface area contributed by atoms with Gasteiger partial charge in [0, 0.05) is 24.6 Å². The Kier molecular flexibility index (Phi) is 2.69. The molecule has 0 aromatic heterocycles. The number of sulfonamides is 1. The van der Waals surface area contributed by atoms with Gasteiger partial charge in [-0.2, -0.15) is 0 Å². The monoisotopic (exact) mass is 248 g/mol. The topological polar surface area (TPSA) is 72.2 Å². The summed E-state index contributed by atoms with van der Waals surface area (Å²) in [7, 11) is -4.07. The number of hydrogen-bond donors (Lipinski definition) is 2. The lowest BCUT2D eigenvalue weighted by Crippen LogP contribution is -2.40. The molecule has 1 aromatic rings. The molecule has 1 aromatic carbocycles. The van der Waals surface area contributed by atoms with E-state index in [1.54, 1.807) is 0 Å². The molecule has 3 N–H and O–H groups in total. The van der Waals surface area contributed by atoms with Crippen LogP contribution in [0.1, 0.15) is 11.5 Å². The van der Waals surface area contributed by atoms with E-state index in [4.69, 9.17) is 5.14 Å². The molecule has 88 valence electrons. The Hall–Kier alpha value is -1.05. The van der Waals surface area contributed by atoms with Crippen molar-refractivity contribution in [1.82, 2.24) is 5.32 Å². The van der Waals surface area contributed by atoms with Crippen LogP contribution in [0.4, 0.5) is 8.78 Å². The summed E-state index contributed by atoms with van der Waals surface area (Å²) in [6.07, 6.45) is 0. The van der Waals surface area contributed by atoms with Crippen molar-refractivity contribution in [3.05, 3.63) is 29.3 Å². The second kappa shape index (κ2) is 3.76. The Labute approximate surface area is 91.5 Å². The van der Waals surface area contributed by atoms with Gasteiger partial charge in [-0.1, -0.05) is 0 Å². The van der Waals surface area contributed by atoms with E-state index in [1.807, 2.05) is 0 Å². The highest BCUT2D eigenvalue weighted by atomic mass is 32.2. The summed E-state index contributed by atoms with van der Waals surface area (Å²) < 4.78 is 48.9. The second-order valence-corrected chi connectivity index (χ2v) is 5.26. The summed E-state index contributed by atoms with van der Waals surface area (Å²) in [6, 6.07) is 1.51. The molecule has 4 nitrogen and oxygen atoms in total. The number of hydrogen-bond acceptors (Lipinski definition) is 3. The summed E-state index contributed by atoms with van der Waals surface area (Å²) in [5.74, 6) is -1.97. The average molecular weight is 248 g/mol. The highest BCUT2D eigenvalue weighted by Crippen LogP contribution is 2.27. The summed E-state index contributed by atoms with van der Waals surface area (Å²) in [6.45, 7) is 0.977. The zero-order valence-corrected chi connectivity index (χ0v) is 9.02. The van der Waals surface area contributed by atoms with E-state index < -0.39 is 26.6 Å². The first-order chi connectivity index (χ1) is 7.39. The molecule has 0 aliphatic carbocycles. The van der Waals surface area contributed by atoms with E-state index in [1.165, 1.54) is 0 Å². The van der Waals surface area contributed by atoms with E-state index >= 15 is 0 Å². The van der Waals surface area contributed by atoms with Crippen LogP contribution in [0, 0.1) is 11.6 Å². The van der Waals surface area contributed by atoms with Gasteiger partial charge in [0.2, 0.25) is 10.0 Å². The van der Waals surface area contributed by atoms with Crippen LogP contribution in [0.5, 0.6) is 0 Å². The number of halogens is 2. The Morgan fingerprint density at radius 1 is 1.25 bits per heavy atom. The van der Waals surface area contributed by atoms with Crippen molar-refractivity contribution in [2.75, 3.05) is 13.1 Å². The van der Waals surface area contributed by atoms with Crippen molar-refractivity contribution in [3.63, 3.8) is 0 Å². The SMILES string of the molecule is NS(=O)(=O)c1cc(F)c(C2CNC2)c(F)c1. The molecule has 0 unspecified atom stereocenters. The third-order valence-corrected chi connectivity index (χ3v) is 3.46. The Morgan fingerprint density at radius 2 is 1.75 bits per heavy atom. The molecule has 0 radical (unpaired) electrons. The first-order valence-electron chi connectivity index (χ1n) is 4.62. The van der Waals surface area contributed by atoms with Gasteiger partial charge in [0.15, 0.2) is 0 Å². The Morgan fingerprint density at radius 3 is 2.06 bits per heavy atom. The van der Waals surface area contributed by atoms with Crippen LogP contribution >= 0.6 is 0 Å².